The largest absolute Gasteiger partial charge is 0.497 e. The maximum atomic E-state index is 13.2. The number of esters is 3. The number of hydrogen-bond donors (Lipinski definition) is 0. The normalized spacial score (nSPS) is 15.5. The third-order valence-corrected chi connectivity index (χ3v) is 7.10. The average molecular weight is 596 g/mol. The Morgan fingerprint density at radius 1 is 0.767 bits per heavy atom. The molecule has 0 bridgehead atoms. The fraction of sp³-hybridized carbons (Fsp3) is 0.387. The number of amides is 2. The van der Waals surface area contributed by atoms with Crippen molar-refractivity contribution in [1.29, 1.82) is 0 Å². The van der Waals surface area contributed by atoms with E-state index < -0.39 is 41.2 Å². The summed E-state index contributed by atoms with van der Waals surface area (Å²) in [5, 5.41) is 0. The second-order valence-electron chi connectivity index (χ2n) is 9.97. The Bertz CT molecular complexity index is 1260. The molecule has 43 heavy (non-hydrogen) atoms. The molecule has 0 saturated heterocycles. The first kappa shape index (κ1) is 31.2. The third kappa shape index (κ3) is 7.98. The number of carbonyl (C=O) groups is 5. The van der Waals surface area contributed by atoms with Crippen LogP contribution in [0.4, 0.5) is 0 Å². The molecule has 228 valence electrons. The van der Waals surface area contributed by atoms with Gasteiger partial charge in [0.25, 0.3) is 11.8 Å². The van der Waals surface area contributed by atoms with Crippen LogP contribution in [0, 0.1) is 5.41 Å². The molecule has 2 aliphatic rings. The number of benzene rings is 2. The molecule has 0 atom stereocenters. The minimum absolute atomic E-state index is 0.00809. The first-order valence-corrected chi connectivity index (χ1v) is 13.6. The van der Waals surface area contributed by atoms with Crippen molar-refractivity contribution in [3.05, 3.63) is 71.8 Å². The van der Waals surface area contributed by atoms with Crippen molar-refractivity contribution in [2.24, 2.45) is 5.41 Å². The zero-order chi connectivity index (χ0) is 30.8. The Morgan fingerprint density at radius 2 is 1.26 bits per heavy atom. The molecule has 4 rings (SSSR count). The Morgan fingerprint density at radius 3 is 1.72 bits per heavy atom. The summed E-state index contributed by atoms with van der Waals surface area (Å²) in [7, 11) is 3.09. The molecular formula is C31H33NO11. The van der Waals surface area contributed by atoms with E-state index in [0.29, 0.717) is 22.6 Å². The summed E-state index contributed by atoms with van der Waals surface area (Å²) in [5.74, 6) is -1.63. The molecule has 0 aromatic heterocycles. The van der Waals surface area contributed by atoms with Crippen molar-refractivity contribution in [3.63, 3.8) is 0 Å². The molecule has 0 spiro atoms. The highest BCUT2D eigenvalue weighted by molar-refractivity contribution is 6.12. The molecule has 12 heteroatoms. The van der Waals surface area contributed by atoms with Gasteiger partial charge < -0.3 is 28.4 Å². The first-order valence-electron chi connectivity index (χ1n) is 13.6. The second-order valence-corrected chi connectivity index (χ2v) is 9.97. The van der Waals surface area contributed by atoms with Crippen molar-refractivity contribution in [2.45, 2.75) is 38.6 Å². The van der Waals surface area contributed by atoms with Crippen molar-refractivity contribution in [3.8, 4) is 11.5 Å². The number of hydrogen-bond acceptors (Lipinski definition) is 11. The van der Waals surface area contributed by atoms with Gasteiger partial charge in [-0.25, -0.2) is 0 Å². The molecule has 1 fully saturated rings. The fourth-order valence-corrected chi connectivity index (χ4v) is 4.54. The number of nitrogens with zero attached hydrogens (tertiary/aromatic N) is 1. The van der Waals surface area contributed by atoms with E-state index in [1.54, 1.807) is 62.8 Å². The zero-order valence-corrected chi connectivity index (χ0v) is 23.9. The molecule has 2 aromatic carbocycles. The Kier molecular flexibility index (Phi) is 10.5. The summed E-state index contributed by atoms with van der Waals surface area (Å²) in [6.07, 6.45) is 1.40. The minimum atomic E-state index is -1.62. The lowest BCUT2D eigenvalue weighted by Gasteiger charge is -2.42. The van der Waals surface area contributed by atoms with Crippen LogP contribution in [0.25, 0.3) is 0 Å². The lowest BCUT2D eigenvalue weighted by Crippen LogP contribution is -2.55. The highest BCUT2D eigenvalue weighted by atomic mass is 16.6. The third-order valence-electron chi connectivity index (χ3n) is 7.10. The van der Waals surface area contributed by atoms with Crippen LogP contribution in [0.3, 0.4) is 0 Å². The van der Waals surface area contributed by atoms with Crippen molar-refractivity contribution < 1.29 is 52.4 Å². The van der Waals surface area contributed by atoms with E-state index in [9.17, 15) is 24.0 Å². The lowest BCUT2D eigenvalue weighted by atomic mass is 9.66. The minimum Gasteiger partial charge on any atom is -0.497 e. The quantitative estimate of drug-likeness (QED) is 0.0985. The summed E-state index contributed by atoms with van der Waals surface area (Å²) < 4.78 is 32.1. The number of methoxy groups -OCH3 is 2. The molecule has 1 heterocycles. The zero-order valence-electron chi connectivity index (χ0n) is 23.9. The lowest BCUT2D eigenvalue weighted by molar-refractivity contribution is -0.197. The predicted octanol–water partition coefficient (Wildman–Crippen LogP) is 2.51. The maximum absolute atomic E-state index is 13.2. The molecule has 2 amide bonds. The summed E-state index contributed by atoms with van der Waals surface area (Å²) in [4.78, 5) is 63.0. The highest BCUT2D eigenvalue weighted by Gasteiger charge is 2.60. The number of rotatable bonds is 15. The van der Waals surface area contributed by atoms with Gasteiger partial charge in [-0.1, -0.05) is 24.3 Å². The Hall–Kier alpha value is -4.71. The summed E-state index contributed by atoms with van der Waals surface area (Å²) in [5.41, 5.74) is -0.218. The SMILES string of the molecule is COc1ccc(COC(=O)C2(C(=O)OCc3ccc(OC)cc3)CC(OC(=O)CCOCCN3C(=O)C=CC3=O)C2)cc1. The van der Waals surface area contributed by atoms with Crippen LogP contribution in [0.5, 0.6) is 11.5 Å². The van der Waals surface area contributed by atoms with Gasteiger partial charge in [0.15, 0.2) is 5.41 Å². The highest BCUT2D eigenvalue weighted by Crippen LogP contribution is 2.45. The van der Waals surface area contributed by atoms with E-state index in [2.05, 4.69) is 0 Å². The van der Waals surface area contributed by atoms with Crippen LogP contribution in [0.15, 0.2) is 60.7 Å². The van der Waals surface area contributed by atoms with Gasteiger partial charge in [-0.2, -0.15) is 0 Å². The van der Waals surface area contributed by atoms with Crippen LogP contribution in [-0.4, -0.2) is 74.7 Å². The van der Waals surface area contributed by atoms with E-state index in [1.807, 2.05) is 0 Å². The molecule has 1 saturated carbocycles. The predicted molar refractivity (Wildman–Crippen MR) is 148 cm³/mol. The standard InChI is InChI=1S/C31H33NO11/c1-38-23-7-3-21(4-8-23)19-41-29(36)31(30(37)42-20-22-5-9-24(39-2)10-6-22)17-25(18-31)43-28(35)13-15-40-16-14-32-26(33)11-12-27(32)34/h3-12,25H,13-20H2,1-2H3. The molecule has 12 nitrogen and oxygen atoms in total. The maximum Gasteiger partial charge on any atom is 0.324 e. The van der Waals surface area contributed by atoms with E-state index in [1.165, 1.54) is 12.2 Å². The van der Waals surface area contributed by atoms with E-state index >= 15 is 0 Å². The van der Waals surface area contributed by atoms with E-state index in [-0.39, 0.29) is 52.2 Å². The molecule has 0 N–H and O–H groups in total. The molecule has 0 unspecified atom stereocenters. The molecule has 1 aliphatic carbocycles. The van der Waals surface area contributed by atoms with Gasteiger partial charge in [0.2, 0.25) is 0 Å². The van der Waals surface area contributed by atoms with Crippen LogP contribution >= 0.6 is 0 Å². The number of carbonyl (C=O) groups excluding carboxylic acids is 5. The smallest absolute Gasteiger partial charge is 0.324 e. The summed E-state index contributed by atoms with van der Waals surface area (Å²) >= 11 is 0. The van der Waals surface area contributed by atoms with Crippen molar-refractivity contribution in [1.82, 2.24) is 4.90 Å². The topological polar surface area (TPSA) is 144 Å². The number of imide groups is 1. The van der Waals surface area contributed by atoms with Crippen LogP contribution < -0.4 is 9.47 Å². The monoisotopic (exact) mass is 595 g/mol. The Labute approximate surface area is 248 Å². The van der Waals surface area contributed by atoms with Crippen molar-refractivity contribution >= 4 is 29.7 Å². The molecule has 0 radical (unpaired) electrons. The van der Waals surface area contributed by atoms with Gasteiger partial charge in [-0.05, 0) is 35.4 Å². The van der Waals surface area contributed by atoms with Gasteiger partial charge >= 0.3 is 17.9 Å². The van der Waals surface area contributed by atoms with Gasteiger partial charge in [-0.3, -0.25) is 28.9 Å². The van der Waals surface area contributed by atoms with Gasteiger partial charge in [0.1, 0.15) is 30.8 Å². The second kappa shape index (κ2) is 14.5. The summed E-state index contributed by atoms with van der Waals surface area (Å²) in [6, 6.07) is 13.9. The first-order chi connectivity index (χ1) is 20.7. The van der Waals surface area contributed by atoms with Crippen molar-refractivity contribution in [2.75, 3.05) is 34.0 Å². The fourth-order valence-electron chi connectivity index (χ4n) is 4.54. The van der Waals surface area contributed by atoms with E-state index in [4.69, 9.17) is 28.4 Å². The van der Waals surface area contributed by atoms with Crippen LogP contribution in [0.1, 0.15) is 30.4 Å². The molecule has 2 aromatic rings. The molecule has 1 aliphatic heterocycles. The van der Waals surface area contributed by atoms with E-state index in [0.717, 1.165) is 4.90 Å². The summed E-state index contributed by atoms with van der Waals surface area (Å²) in [6.45, 7) is 0.0149. The van der Waals surface area contributed by atoms with Gasteiger partial charge in [-0.15, -0.1) is 0 Å². The van der Waals surface area contributed by atoms with Gasteiger partial charge in [0, 0.05) is 25.0 Å². The molecular weight excluding hydrogens is 562 g/mol. The average Bonchev–Trinajstić information content (AvgIpc) is 3.32. The number of ether oxygens (including phenoxy) is 6. The van der Waals surface area contributed by atoms with Crippen LogP contribution in [-0.2, 0) is 56.1 Å². The van der Waals surface area contributed by atoms with Crippen LogP contribution in [0.2, 0.25) is 0 Å². The Balaban J connectivity index is 1.28. The van der Waals surface area contributed by atoms with Gasteiger partial charge in [0.05, 0.1) is 40.4 Å².